The van der Waals surface area contributed by atoms with Crippen molar-refractivity contribution in [2.24, 2.45) is 0 Å². The summed E-state index contributed by atoms with van der Waals surface area (Å²) in [5.74, 6) is -0.141. The van der Waals surface area contributed by atoms with Gasteiger partial charge in [-0.1, -0.05) is 59.9 Å². The van der Waals surface area contributed by atoms with E-state index in [1.54, 1.807) is 0 Å². The Bertz CT molecular complexity index is 1080. The molecule has 0 aliphatic carbocycles. The predicted molar refractivity (Wildman–Crippen MR) is 109 cm³/mol. The number of amides is 1. The van der Waals surface area contributed by atoms with E-state index in [0.29, 0.717) is 10.7 Å². The van der Waals surface area contributed by atoms with Crippen molar-refractivity contribution in [3.63, 3.8) is 0 Å². The van der Waals surface area contributed by atoms with Crippen molar-refractivity contribution in [2.45, 2.75) is 13.8 Å². The van der Waals surface area contributed by atoms with Crippen molar-refractivity contribution in [3.8, 4) is 11.1 Å². The standard InChI is InChI=1S/C22H18N2OS/c1-14-12-15(2)20-19(13-14)23-22(26-20)24-21(25)18-10-8-17(9-11-18)16-6-4-3-5-7-16/h3-13H,1-2H3,(H,23,24,25). The summed E-state index contributed by atoms with van der Waals surface area (Å²) in [6, 6.07) is 21.9. The van der Waals surface area contributed by atoms with Crippen LogP contribution in [0.25, 0.3) is 21.3 Å². The molecule has 0 atom stereocenters. The van der Waals surface area contributed by atoms with Crippen LogP contribution < -0.4 is 5.32 Å². The maximum atomic E-state index is 12.5. The first-order valence-corrected chi connectivity index (χ1v) is 9.26. The van der Waals surface area contributed by atoms with Gasteiger partial charge in [-0.25, -0.2) is 4.98 Å². The molecule has 0 bridgehead atoms. The first-order valence-electron chi connectivity index (χ1n) is 8.45. The van der Waals surface area contributed by atoms with Gasteiger partial charge in [-0.15, -0.1) is 0 Å². The number of fused-ring (bicyclic) bond motifs is 1. The lowest BCUT2D eigenvalue weighted by molar-refractivity contribution is 0.102. The van der Waals surface area contributed by atoms with Crippen molar-refractivity contribution in [1.29, 1.82) is 0 Å². The highest BCUT2D eigenvalue weighted by atomic mass is 32.1. The van der Waals surface area contributed by atoms with Crippen LogP contribution in [0.15, 0.2) is 66.7 Å². The van der Waals surface area contributed by atoms with Crippen molar-refractivity contribution in [1.82, 2.24) is 4.98 Å². The minimum Gasteiger partial charge on any atom is -0.298 e. The van der Waals surface area contributed by atoms with Gasteiger partial charge in [0.15, 0.2) is 5.13 Å². The molecule has 1 N–H and O–H groups in total. The monoisotopic (exact) mass is 358 g/mol. The van der Waals surface area contributed by atoms with Crippen LogP contribution in [0.3, 0.4) is 0 Å². The smallest absolute Gasteiger partial charge is 0.257 e. The highest BCUT2D eigenvalue weighted by molar-refractivity contribution is 7.22. The molecule has 128 valence electrons. The Morgan fingerprint density at radius 1 is 0.923 bits per heavy atom. The second kappa shape index (κ2) is 6.73. The molecule has 3 aromatic carbocycles. The molecule has 0 aliphatic rings. The van der Waals surface area contributed by atoms with Gasteiger partial charge in [0.05, 0.1) is 10.2 Å². The molecule has 1 aromatic heterocycles. The summed E-state index contributed by atoms with van der Waals surface area (Å²) in [6.45, 7) is 4.12. The molecular weight excluding hydrogens is 340 g/mol. The van der Waals surface area contributed by atoms with Crippen LogP contribution in [-0.2, 0) is 0 Å². The molecule has 0 saturated carbocycles. The highest BCUT2D eigenvalue weighted by Crippen LogP contribution is 2.30. The number of aryl methyl sites for hydroxylation is 2. The number of hydrogen-bond donors (Lipinski definition) is 1. The third-order valence-electron chi connectivity index (χ3n) is 4.29. The van der Waals surface area contributed by atoms with Gasteiger partial charge < -0.3 is 0 Å². The van der Waals surface area contributed by atoms with E-state index < -0.39 is 0 Å². The summed E-state index contributed by atoms with van der Waals surface area (Å²) in [6.07, 6.45) is 0. The fraction of sp³-hybridized carbons (Fsp3) is 0.0909. The van der Waals surface area contributed by atoms with E-state index in [0.717, 1.165) is 21.3 Å². The lowest BCUT2D eigenvalue weighted by Crippen LogP contribution is -2.11. The minimum absolute atomic E-state index is 0.141. The van der Waals surface area contributed by atoms with Crippen LogP contribution in [0.1, 0.15) is 21.5 Å². The first kappa shape index (κ1) is 16.5. The molecular formula is C22H18N2OS. The second-order valence-electron chi connectivity index (χ2n) is 6.35. The van der Waals surface area contributed by atoms with E-state index in [9.17, 15) is 4.79 Å². The molecule has 4 heteroatoms. The first-order chi connectivity index (χ1) is 12.6. The fourth-order valence-corrected chi connectivity index (χ4v) is 3.95. The van der Waals surface area contributed by atoms with E-state index >= 15 is 0 Å². The SMILES string of the molecule is Cc1cc(C)c2sc(NC(=O)c3ccc(-c4ccccc4)cc3)nc2c1. The molecule has 1 heterocycles. The lowest BCUT2D eigenvalue weighted by Gasteiger charge is -2.04. The molecule has 1 amide bonds. The van der Waals surface area contributed by atoms with Gasteiger partial charge in [0.1, 0.15) is 0 Å². The van der Waals surface area contributed by atoms with Crippen LogP contribution in [0.4, 0.5) is 5.13 Å². The number of nitrogens with zero attached hydrogens (tertiary/aromatic N) is 1. The van der Waals surface area contributed by atoms with Crippen LogP contribution >= 0.6 is 11.3 Å². The Morgan fingerprint density at radius 3 is 2.35 bits per heavy atom. The molecule has 26 heavy (non-hydrogen) atoms. The number of hydrogen-bond acceptors (Lipinski definition) is 3. The van der Waals surface area contributed by atoms with Gasteiger partial charge >= 0.3 is 0 Å². The van der Waals surface area contributed by atoms with E-state index in [1.807, 2.05) is 48.5 Å². The molecule has 0 fully saturated rings. The molecule has 4 aromatic rings. The van der Waals surface area contributed by atoms with E-state index in [2.05, 4.69) is 42.3 Å². The lowest BCUT2D eigenvalue weighted by atomic mass is 10.0. The van der Waals surface area contributed by atoms with Crippen molar-refractivity contribution >= 4 is 32.6 Å². The number of anilines is 1. The average molecular weight is 358 g/mol. The molecule has 0 aliphatic heterocycles. The van der Waals surface area contributed by atoms with Crippen molar-refractivity contribution < 1.29 is 4.79 Å². The molecule has 0 spiro atoms. The maximum Gasteiger partial charge on any atom is 0.257 e. The predicted octanol–water partition coefficient (Wildman–Crippen LogP) is 5.83. The summed E-state index contributed by atoms with van der Waals surface area (Å²) in [4.78, 5) is 17.1. The third-order valence-corrected chi connectivity index (χ3v) is 5.42. The number of aromatic nitrogens is 1. The van der Waals surface area contributed by atoms with Gasteiger partial charge in [0, 0.05) is 5.56 Å². The van der Waals surface area contributed by atoms with Gasteiger partial charge in [0.25, 0.3) is 5.91 Å². The number of carbonyl (C=O) groups excluding carboxylic acids is 1. The molecule has 0 saturated heterocycles. The Kier molecular flexibility index (Phi) is 4.27. The van der Waals surface area contributed by atoms with Crippen LogP contribution in [0.2, 0.25) is 0 Å². The fourth-order valence-electron chi connectivity index (χ4n) is 3.04. The highest BCUT2D eigenvalue weighted by Gasteiger charge is 2.11. The summed E-state index contributed by atoms with van der Waals surface area (Å²) in [5, 5.41) is 3.55. The summed E-state index contributed by atoms with van der Waals surface area (Å²) < 4.78 is 1.12. The average Bonchev–Trinajstić information content (AvgIpc) is 3.05. The summed E-state index contributed by atoms with van der Waals surface area (Å²) in [7, 11) is 0. The largest absolute Gasteiger partial charge is 0.298 e. The van der Waals surface area contributed by atoms with E-state index in [-0.39, 0.29) is 5.91 Å². The number of nitrogens with one attached hydrogen (secondary N) is 1. The number of rotatable bonds is 3. The topological polar surface area (TPSA) is 42.0 Å². The number of carbonyl (C=O) groups is 1. The number of benzene rings is 3. The molecule has 0 radical (unpaired) electrons. The minimum atomic E-state index is -0.141. The van der Waals surface area contributed by atoms with Gasteiger partial charge in [0.2, 0.25) is 0 Å². The van der Waals surface area contributed by atoms with Crippen LogP contribution in [0.5, 0.6) is 0 Å². The zero-order valence-corrected chi connectivity index (χ0v) is 15.4. The van der Waals surface area contributed by atoms with Gasteiger partial charge in [-0.3, -0.25) is 10.1 Å². The normalized spacial score (nSPS) is 10.8. The Balaban J connectivity index is 1.56. The Hall–Kier alpha value is -2.98. The quantitative estimate of drug-likeness (QED) is 0.500. The van der Waals surface area contributed by atoms with E-state index in [1.165, 1.54) is 22.5 Å². The Morgan fingerprint density at radius 2 is 1.62 bits per heavy atom. The number of thiazole rings is 1. The zero-order chi connectivity index (χ0) is 18.1. The van der Waals surface area contributed by atoms with Crippen molar-refractivity contribution in [2.75, 3.05) is 5.32 Å². The Labute approximate surface area is 156 Å². The molecule has 0 unspecified atom stereocenters. The van der Waals surface area contributed by atoms with E-state index in [4.69, 9.17) is 0 Å². The van der Waals surface area contributed by atoms with Crippen molar-refractivity contribution in [3.05, 3.63) is 83.4 Å². The molecule has 3 nitrogen and oxygen atoms in total. The maximum absolute atomic E-state index is 12.5. The second-order valence-corrected chi connectivity index (χ2v) is 7.35. The summed E-state index contributed by atoms with van der Waals surface area (Å²) in [5.41, 5.74) is 6.14. The molecule has 4 rings (SSSR count). The van der Waals surface area contributed by atoms with Crippen LogP contribution in [0, 0.1) is 13.8 Å². The van der Waals surface area contributed by atoms with Crippen LogP contribution in [-0.4, -0.2) is 10.9 Å². The van der Waals surface area contributed by atoms with Gasteiger partial charge in [-0.05, 0) is 54.3 Å². The zero-order valence-electron chi connectivity index (χ0n) is 14.6. The summed E-state index contributed by atoms with van der Waals surface area (Å²) >= 11 is 1.51. The van der Waals surface area contributed by atoms with Gasteiger partial charge in [-0.2, -0.15) is 0 Å². The third kappa shape index (κ3) is 3.24.